The SMILES string of the molecule is COc1ccc(C(=O)CNc2nnc(SCc3ccccc3F)s2)cc1F. The fourth-order valence-corrected chi connectivity index (χ4v) is 3.93. The van der Waals surface area contributed by atoms with Crippen LogP contribution in [-0.2, 0) is 5.75 Å². The van der Waals surface area contributed by atoms with Gasteiger partial charge in [0.2, 0.25) is 5.13 Å². The summed E-state index contributed by atoms with van der Waals surface area (Å²) in [6, 6.07) is 10.6. The van der Waals surface area contributed by atoms with Gasteiger partial charge in [-0.25, -0.2) is 8.78 Å². The molecule has 0 atom stereocenters. The molecule has 1 aromatic heterocycles. The third kappa shape index (κ3) is 5.01. The molecule has 0 spiro atoms. The first-order chi connectivity index (χ1) is 13.1. The fraction of sp³-hybridized carbons (Fsp3) is 0.167. The van der Waals surface area contributed by atoms with Crippen molar-refractivity contribution >= 4 is 34.0 Å². The number of nitrogens with zero attached hydrogens (tertiary/aromatic N) is 2. The lowest BCUT2D eigenvalue weighted by molar-refractivity contribution is 0.101. The standard InChI is InChI=1S/C18H15F2N3O2S2/c1-25-16-7-6-11(8-14(16)20)15(24)9-21-17-22-23-18(27-17)26-10-12-4-2-3-5-13(12)19/h2-8H,9-10H2,1H3,(H,21,22). The minimum absolute atomic E-state index is 0.0433. The number of carbonyl (C=O) groups excluding carboxylic acids is 1. The van der Waals surface area contributed by atoms with E-state index >= 15 is 0 Å². The van der Waals surface area contributed by atoms with Crippen LogP contribution in [0.4, 0.5) is 13.9 Å². The molecule has 1 heterocycles. The van der Waals surface area contributed by atoms with Gasteiger partial charge in [0.25, 0.3) is 0 Å². The molecule has 1 N–H and O–H groups in total. The highest BCUT2D eigenvalue weighted by Gasteiger charge is 2.12. The van der Waals surface area contributed by atoms with Gasteiger partial charge in [0.1, 0.15) is 5.82 Å². The molecule has 2 aromatic carbocycles. The zero-order valence-electron chi connectivity index (χ0n) is 14.2. The van der Waals surface area contributed by atoms with Crippen LogP contribution in [-0.4, -0.2) is 29.6 Å². The fourth-order valence-electron chi connectivity index (χ4n) is 2.19. The number of halogens is 2. The van der Waals surface area contributed by atoms with Crippen molar-refractivity contribution in [3.8, 4) is 5.75 Å². The summed E-state index contributed by atoms with van der Waals surface area (Å²) in [5.41, 5.74) is 0.823. The highest BCUT2D eigenvalue weighted by molar-refractivity contribution is 8.00. The Balaban J connectivity index is 1.54. The third-order valence-electron chi connectivity index (χ3n) is 3.59. The van der Waals surface area contributed by atoms with Gasteiger partial charge < -0.3 is 10.1 Å². The number of nitrogens with one attached hydrogen (secondary N) is 1. The van der Waals surface area contributed by atoms with Crippen molar-refractivity contribution in [3.63, 3.8) is 0 Å². The molecule has 0 saturated heterocycles. The second-order valence-corrected chi connectivity index (χ2v) is 7.58. The van der Waals surface area contributed by atoms with E-state index in [1.165, 1.54) is 48.4 Å². The molecule has 5 nitrogen and oxygen atoms in total. The molecular formula is C18H15F2N3O2S2. The summed E-state index contributed by atoms with van der Waals surface area (Å²) in [6.07, 6.45) is 0. The van der Waals surface area contributed by atoms with Crippen molar-refractivity contribution in [1.82, 2.24) is 10.2 Å². The van der Waals surface area contributed by atoms with Crippen LogP contribution in [0.2, 0.25) is 0 Å². The lowest BCUT2D eigenvalue weighted by atomic mass is 10.1. The van der Waals surface area contributed by atoms with E-state index in [1.54, 1.807) is 18.2 Å². The van der Waals surface area contributed by atoms with Crippen LogP contribution in [0, 0.1) is 11.6 Å². The zero-order valence-corrected chi connectivity index (χ0v) is 15.9. The first kappa shape index (κ1) is 19.2. The largest absolute Gasteiger partial charge is 0.494 e. The average molecular weight is 407 g/mol. The predicted octanol–water partition coefficient (Wildman–Crippen LogP) is 4.41. The van der Waals surface area contributed by atoms with Gasteiger partial charge in [0.15, 0.2) is 21.7 Å². The van der Waals surface area contributed by atoms with Crippen LogP contribution < -0.4 is 10.1 Å². The molecule has 27 heavy (non-hydrogen) atoms. The number of ether oxygens (including phenoxy) is 1. The number of hydrogen-bond acceptors (Lipinski definition) is 7. The van der Waals surface area contributed by atoms with Crippen molar-refractivity contribution in [2.45, 2.75) is 10.1 Å². The summed E-state index contributed by atoms with van der Waals surface area (Å²) >= 11 is 2.63. The molecule has 0 bridgehead atoms. The third-order valence-corrected chi connectivity index (χ3v) is 5.65. The number of aromatic nitrogens is 2. The quantitative estimate of drug-likeness (QED) is 0.441. The molecule has 3 rings (SSSR count). The van der Waals surface area contributed by atoms with E-state index < -0.39 is 5.82 Å². The first-order valence-corrected chi connectivity index (χ1v) is 9.67. The van der Waals surface area contributed by atoms with E-state index in [0.29, 0.717) is 20.8 Å². The summed E-state index contributed by atoms with van der Waals surface area (Å²) in [7, 11) is 1.36. The number of carbonyl (C=O) groups is 1. The van der Waals surface area contributed by atoms with E-state index in [9.17, 15) is 13.6 Å². The molecule has 9 heteroatoms. The molecule has 0 aliphatic carbocycles. The van der Waals surface area contributed by atoms with Gasteiger partial charge in [-0.2, -0.15) is 0 Å². The number of Topliss-reactive ketones (excluding diaryl/α,β-unsaturated/α-hetero) is 1. The second-order valence-electron chi connectivity index (χ2n) is 5.38. The van der Waals surface area contributed by atoms with Crippen LogP contribution in [0.25, 0.3) is 0 Å². The smallest absolute Gasteiger partial charge is 0.206 e. The van der Waals surface area contributed by atoms with Gasteiger partial charge in [-0.3, -0.25) is 4.79 Å². The molecule has 0 radical (unpaired) electrons. The maximum Gasteiger partial charge on any atom is 0.206 e. The Hall–Kier alpha value is -2.52. The van der Waals surface area contributed by atoms with Crippen LogP contribution in [0.5, 0.6) is 5.75 Å². The van der Waals surface area contributed by atoms with Crippen molar-refractivity contribution in [1.29, 1.82) is 0 Å². The molecule has 0 saturated carbocycles. The Labute approximate surface area is 162 Å². The van der Waals surface area contributed by atoms with E-state index in [2.05, 4.69) is 15.5 Å². The highest BCUT2D eigenvalue weighted by Crippen LogP contribution is 2.29. The van der Waals surface area contributed by atoms with E-state index in [0.717, 1.165) is 6.07 Å². The van der Waals surface area contributed by atoms with E-state index in [-0.39, 0.29) is 29.5 Å². The topological polar surface area (TPSA) is 64.1 Å². The van der Waals surface area contributed by atoms with Gasteiger partial charge in [-0.1, -0.05) is 41.3 Å². The number of anilines is 1. The predicted molar refractivity (Wildman–Crippen MR) is 102 cm³/mol. The Morgan fingerprint density at radius 3 is 2.74 bits per heavy atom. The Bertz CT molecular complexity index is 950. The van der Waals surface area contributed by atoms with Gasteiger partial charge >= 0.3 is 0 Å². The summed E-state index contributed by atoms with van der Waals surface area (Å²) in [4.78, 5) is 12.2. The molecule has 140 valence electrons. The Morgan fingerprint density at radius 1 is 1.19 bits per heavy atom. The molecule has 0 unspecified atom stereocenters. The summed E-state index contributed by atoms with van der Waals surface area (Å²) in [5.74, 6) is -0.616. The number of ketones is 1. The van der Waals surface area contributed by atoms with Gasteiger partial charge in [0, 0.05) is 11.3 Å². The molecule has 0 aliphatic rings. The van der Waals surface area contributed by atoms with Crippen molar-refractivity contribution in [2.75, 3.05) is 19.0 Å². The molecule has 0 amide bonds. The number of benzene rings is 2. The monoisotopic (exact) mass is 407 g/mol. The number of hydrogen-bond donors (Lipinski definition) is 1. The highest BCUT2D eigenvalue weighted by atomic mass is 32.2. The van der Waals surface area contributed by atoms with Crippen LogP contribution in [0.1, 0.15) is 15.9 Å². The van der Waals surface area contributed by atoms with Gasteiger partial charge in [-0.05, 0) is 29.8 Å². The lowest BCUT2D eigenvalue weighted by Gasteiger charge is -2.05. The number of thioether (sulfide) groups is 1. The van der Waals surface area contributed by atoms with Crippen molar-refractivity contribution in [2.24, 2.45) is 0 Å². The summed E-state index contributed by atoms with van der Waals surface area (Å²) in [5, 5.41) is 11.3. The maximum absolute atomic E-state index is 13.7. The van der Waals surface area contributed by atoms with Crippen molar-refractivity contribution in [3.05, 3.63) is 65.2 Å². The lowest BCUT2D eigenvalue weighted by Crippen LogP contribution is -2.14. The maximum atomic E-state index is 13.7. The minimum Gasteiger partial charge on any atom is -0.494 e. The molecule has 0 aliphatic heterocycles. The van der Waals surface area contributed by atoms with Gasteiger partial charge in [0.05, 0.1) is 13.7 Å². The number of rotatable bonds is 8. The zero-order chi connectivity index (χ0) is 19.2. The van der Waals surface area contributed by atoms with Gasteiger partial charge in [-0.15, -0.1) is 10.2 Å². The second kappa shape index (κ2) is 8.92. The molecule has 3 aromatic rings. The van der Waals surface area contributed by atoms with E-state index in [1.807, 2.05) is 0 Å². The summed E-state index contributed by atoms with van der Waals surface area (Å²) < 4.78 is 32.8. The van der Waals surface area contributed by atoms with Crippen LogP contribution >= 0.6 is 23.1 Å². The summed E-state index contributed by atoms with van der Waals surface area (Å²) in [6.45, 7) is -0.0433. The molecular weight excluding hydrogens is 392 g/mol. The molecule has 0 fully saturated rings. The van der Waals surface area contributed by atoms with Crippen LogP contribution in [0.3, 0.4) is 0 Å². The average Bonchev–Trinajstić information content (AvgIpc) is 3.13. The van der Waals surface area contributed by atoms with Crippen molar-refractivity contribution < 1.29 is 18.3 Å². The Morgan fingerprint density at radius 2 is 2.00 bits per heavy atom. The first-order valence-electron chi connectivity index (χ1n) is 7.87. The Kier molecular flexibility index (Phi) is 6.36. The normalized spacial score (nSPS) is 10.6. The van der Waals surface area contributed by atoms with Crippen LogP contribution in [0.15, 0.2) is 46.8 Å². The van der Waals surface area contributed by atoms with E-state index in [4.69, 9.17) is 4.74 Å². The number of methoxy groups -OCH3 is 1. The minimum atomic E-state index is -0.592.